The van der Waals surface area contributed by atoms with Crippen LogP contribution in [-0.2, 0) is 0 Å². The van der Waals surface area contributed by atoms with E-state index in [4.69, 9.17) is 0 Å². The average Bonchev–Trinajstić information content (AvgIpc) is 3.19. The van der Waals surface area contributed by atoms with Gasteiger partial charge >= 0.3 is 0 Å². The molecule has 1 aliphatic carbocycles. The molecule has 4 aliphatic rings. The molecule has 0 bridgehead atoms. The Morgan fingerprint density at radius 3 is 2.04 bits per heavy atom. The number of hydrogen-bond acceptors (Lipinski definition) is 3. The van der Waals surface area contributed by atoms with E-state index < -0.39 is 0 Å². The van der Waals surface area contributed by atoms with Gasteiger partial charge in [0.2, 0.25) is 0 Å². The first-order chi connectivity index (χ1) is 11.9. The minimum absolute atomic E-state index is 0.695. The summed E-state index contributed by atoms with van der Waals surface area (Å²) in [6.45, 7) is 20.5. The molecule has 0 unspecified atom stereocenters. The van der Waals surface area contributed by atoms with Crippen molar-refractivity contribution in [3.8, 4) is 0 Å². The summed E-state index contributed by atoms with van der Waals surface area (Å²) in [6.07, 6.45) is 7.33. The van der Waals surface area contributed by atoms with Crippen molar-refractivity contribution in [2.24, 2.45) is 22.7 Å². The maximum Gasteiger partial charge on any atom is 0.0212 e. The maximum absolute atomic E-state index is 2.80. The molecular formula is C22H41N3. The van der Waals surface area contributed by atoms with Crippen molar-refractivity contribution in [1.29, 1.82) is 0 Å². The molecule has 3 saturated heterocycles. The number of rotatable bonds is 7. The van der Waals surface area contributed by atoms with E-state index in [0.717, 1.165) is 23.3 Å². The summed E-state index contributed by atoms with van der Waals surface area (Å²) >= 11 is 0. The van der Waals surface area contributed by atoms with Gasteiger partial charge in [0.15, 0.2) is 0 Å². The third-order valence-corrected chi connectivity index (χ3v) is 7.51. The van der Waals surface area contributed by atoms with Gasteiger partial charge in [0.1, 0.15) is 0 Å². The average molecular weight is 348 g/mol. The van der Waals surface area contributed by atoms with Gasteiger partial charge in [0.25, 0.3) is 0 Å². The van der Waals surface area contributed by atoms with Gasteiger partial charge in [-0.3, -0.25) is 4.90 Å². The molecule has 0 aromatic carbocycles. The third kappa shape index (κ3) is 4.09. The molecule has 144 valence electrons. The summed E-state index contributed by atoms with van der Waals surface area (Å²) in [5, 5.41) is 0. The molecule has 1 spiro atoms. The zero-order valence-corrected chi connectivity index (χ0v) is 17.3. The predicted molar refractivity (Wildman–Crippen MR) is 106 cm³/mol. The second-order valence-electron chi connectivity index (χ2n) is 11.0. The summed E-state index contributed by atoms with van der Waals surface area (Å²) in [7, 11) is 0. The Kier molecular flexibility index (Phi) is 4.96. The van der Waals surface area contributed by atoms with Gasteiger partial charge in [-0.1, -0.05) is 13.8 Å². The molecule has 4 fully saturated rings. The lowest BCUT2D eigenvalue weighted by Gasteiger charge is -2.62. The van der Waals surface area contributed by atoms with Crippen molar-refractivity contribution in [2.45, 2.75) is 65.8 Å². The molecule has 1 saturated carbocycles. The van der Waals surface area contributed by atoms with Crippen LogP contribution in [0.4, 0.5) is 0 Å². The van der Waals surface area contributed by atoms with E-state index in [1.54, 1.807) is 0 Å². The maximum atomic E-state index is 2.80. The van der Waals surface area contributed by atoms with Crippen LogP contribution in [0.2, 0.25) is 0 Å². The number of likely N-dealkylation sites (tertiary alicyclic amines) is 3. The van der Waals surface area contributed by atoms with Gasteiger partial charge in [-0.2, -0.15) is 0 Å². The minimum Gasteiger partial charge on any atom is -0.303 e. The molecule has 0 N–H and O–H groups in total. The van der Waals surface area contributed by atoms with E-state index in [-0.39, 0.29) is 0 Å². The zero-order valence-electron chi connectivity index (χ0n) is 17.3. The monoisotopic (exact) mass is 347 g/mol. The van der Waals surface area contributed by atoms with E-state index in [9.17, 15) is 0 Å². The fraction of sp³-hybridized carbons (Fsp3) is 1.00. The lowest BCUT2D eigenvalue weighted by atomic mass is 9.71. The lowest BCUT2D eigenvalue weighted by Crippen LogP contribution is -2.73. The summed E-state index contributed by atoms with van der Waals surface area (Å²) in [6, 6.07) is 0.745. The van der Waals surface area contributed by atoms with Gasteiger partial charge in [0.05, 0.1) is 0 Å². The molecule has 4 rings (SSSR count). The molecule has 0 radical (unpaired) electrons. The minimum atomic E-state index is 0.695. The second-order valence-corrected chi connectivity index (χ2v) is 11.0. The van der Waals surface area contributed by atoms with Crippen LogP contribution in [0.1, 0.15) is 59.8 Å². The molecule has 0 aromatic rings. The summed E-state index contributed by atoms with van der Waals surface area (Å²) in [5.41, 5.74) is 1.41. The first kappa shape index (κ1) is 18.3. The van der Waals surface area contributed by atoms with E-state index >= 15 is 0 Å². The number of nitrogens with zero attached hydrogens (tertiary/aromatic N) is 3. The second kappa shape index (κ2) is 6.80. The van der Waals surface area contributed by atoms with Crippen molar-refractivity contribution in [3.63, 3.8) is 0 Å². The molecule has 3 aliphatic heterocycles. The van der Waals surface area contributed by atoms with Crippen LogP contribution in [0.5, 0.6) is 0 Å². The quantitative estimate of drug-likeness (QED) is 0.697. The van der Waals surface area contributed by atoms with Crippen LogP contribution in [0, 0.1) is 22.7 Å². The van der Waals surface area contributed by atoms with Gasteiger partial charge in [0, 0.05) is 50.7 Å². The molecule has 0 atom stereocenters. The Balaban J connectivity index is 1.13. The summed E-state index contributed by atoms with van der Waals surface area (Å²) < 4.78 is 0. The largest absolute Gasteiger partial charge is 0.303 e. The standard InChI is InChI=1S/C22H41N3/c1-18(2)11-21(7-8-21)13-23-9-5-20(6-10-23)12-24-14-22(15-24)16-25(17-22)19(3)4/h18-20H,5-17H2,1-4H3. The van der Waals surface area contributed by atoms with Gasteiger partial charge in [-0.25, -0.2) is 0 Å². The van der Waals surface area contributed by atoms with Crippen LogP contribution in [-0.4, -0.2) is 73.1 Å². The Labute approximate surface area is 156 Å². The highest BCUT2D eigenvalue weighted by molar-refractivity contribution is 5.06. The van der Waals surface area contributed by atoms with Crippen molar-refractivity contribution in [1.82, 2.24) is 14.7 Å². The molecule has 3 heterocycles. The topological polar surface area (TPSA) is 9.72 Å². The van der Waals surface area contributed by atoms with E-state index in [2.05, 4.69) is 42.4 Å². The molecule has 0 amide bonds. The van der Waals surface area contributed by atoms with Crippen molar-refractivity contribution in [3.05, 3.63) is 0 Å². The Bertz CT molecular complexity index is 446. The first-order valence-corrected chi connectivity index (χ1v) is 11.1. The van der Waals surface area contributed by atoms with E-state index in [1.807, 2.05) is 0 Å². The van der Waals surface area contributed by atoms with Crippen LogP contribution in [0.25, 0.3) is 0 Å². The van der Waals surface area contributed by atoms with Gasteiger partial charge in [-0.15, -0.1) is 0 Å². The Morgan fingerprint density at radius 2 is 1.52 bits per heavy atom. The normalized spacial score (nSPS) is 30.0. The van der Waals surface area contributed by atoms with Crippen molar-refractivity contribution in [2.75, 3.05) is 52.4 Å². The number of hydrogen-bond donors (Lipinski definition) is 0. The third-order valence-electron chi connectivity index (χ3n) is 7.51. The fourth-order valence-electron chi connectivity index (χ4n) is 6.05. The SMILES string of the molecule is CC(C)CC1(CN2CCC(CN3CC4(C3)CN(C(C)C)C4)CC2)CC1. The molecule has 3 nitrogen and oxygen atoms in total. The van der Waals surface area contributed by atoms with E-state index in [1.165, 1.54) is 84.5 Å². The van der Waals surface area contributed by atoms with E-state index in [0.29, 0.717) is 5.41 Å². The van der Waals surface area contributed by atoms with Gasteiger partial charge < -0.3 is 9.80 Å². The fourth-order valence-corrected chi connectivity index (χ4v) is 6.05. The highest BCUT2D eigenvalue weighted by atomic mass is 15.3. The smallest absolute Gasteiger partial charge is 0.0212 e. The van der Waals surface area contributed by atoms with Crippen molar-refractivity contribution < 1.29 is 0 Å². The Morgan fingerprint density at radius 1 is 0.880 bits per heavy atom. The van der Waals surface area contributed by atoms with Crippen LogP contribution >= 0.6 is 0 Å². The summed E-state index contributed by atoms with van der Waals surface area (Å²) in [4.78, 5) is 8.20. The van der Waals surface area contributed by atoms with Crippen LogP contribution in [0.15, 0.2) is 0 Å². The zero-order chi connectivity index (χ0) is 17.7. The molecule has 3 heteroatoms. The highest BCUT2D eigenvalue weighted by Crippen LogP contribution is 2.51. The van der Waals surface area contributed by atoms with Gasteiger partial charge in [-0.05, 0) is 76.3 Å². The number of piperidine rings is 1. The lowest BCUT2D eigenvalue weighted by molar-refractivity contribution is -0.130. The Hall–Kier alpha value is -0.120. The molecule has 25 heavy (non-hydrogen) atoms. The molecule has 0 aromatic heterocycles. The first-order valence-electron chi connectivity index (χ1n) is 11.1. The van der Waals surface area contributed by atoms with Crippen LogP contribution in [0.3, 0.4) is 0 Å². The van der Waals surface area contributed by atoms with Crippen molar-refractivity contribution >= 4 is 0 Å². The molecular weight excluding hydrogens is 306 g/mol. The van der Waals surface area contributed by atoms with Crippen LogP contribution < -0.4 is 0 Å². The highest BCUT2D eigenvalue weighted by Gasteiger charge is 2.52. The summed E-state index contributed by atoms with van der Waals surface area (Å²) in [5.74, 6) is 1.84. The predicted octanol–water partition coefficient (Wildman–Crippen LogP) is 3.55.